The molecule has 0 bridgehead atoms. The van der Waals surface area contributed by atoms with Crippen LogP contribution < -0.4 is 14.4 Å². The number of nitrogens with zero attached hydrogens (tertiary/aromatic N) is 2. The molecule has 0 aliphatic rings. The third kappa shape index (κ3) is 8.57. The van der Waals surface area contributed by atoms with Crippen molar-refractivity contribution in [2.45, 2.75) is 45.7 Å². The summed E-state index contributed by atoms with van der Waals surface area (Å²) in [7, 11) is -2.32. The number of amides is 2. The number of rotatable bonds is 13. The van der Waals surface area contributed by atoms with Gasteiger partial charge in [0.15, 0.2) is 0 Å². The number of ether oxygens (including phenoxy) is 1. The Morgan fingerprint density at radius 2 is 1.67 bits per heavy atom. The minimum absolute atomic E-state index is 0.108. The van der Waals surface area contributed by atoms with Gasteiger partial charge in [-0.3, -0.25) is 13.9 Å². The highest BCUT2D eigenvalue weighted by Gasteiger charge is 2.31. The van der Waals surface area contributed by atoms with Crippen LogP contribution in [0.25, 0.3) is 0 Å². The first-order chi connectivity index (χ1) is 17.0. The second-order valence-corrected chi connectivity index (χ2v) is 11.1. The first kappa shape index (κ1) is 29.7. The average molecular weight is 559 g/mol. The molecule has 0 fully saturated rings. The van der Waals surface area contributed by atoms with Crippen LogP contribution >= 0.6 is 23.2 Å². The number of benzene rings is 2. The smallest absolute Gasteiger partial charge is 0.244 e. The van der Waals surface area contributed by atoms with Crippen LogP contribution in [-0.4, -0.2) is 57.6 Å². The quantitative estimate of drug-likeness (QED) is 0.366. The zero-order chi connectivity index (χ0) is 26.9. The molecule has 11 heteroatoms. The molecule has 2 rings (SSSR count). The molecule has 8 nitrogen and oxygen atoms in total. The Morgan fingerprint density at radius 3 is 2.17 bits per heavy atom. The third-order valence-electron chi connectivity index (χ3n) is 5.54. The molecule has 0 radical (unpaired) electrons. The largest absolute Gasteiger partial charge is 0.497 e. The van der Waals surface area contributed by atoms with Gasteiger partial charge < -0.3 is 15.0 Å². The summed E-state index contributed by atoms with van der Waals surface area (Å²) in [6, 6.07) is 10.6. The van der Waals surface area contributed by atoms with Crippen LogP contribution in [0.1, 0.15) is 38.7 Å². The zero-order valence-corrected chi connectivity index (χ0v) is 23.3. The molecule has 0 aliphatic heterocycles. The minimum Gasteiger partial charge on any atom is -0.497 e. The summed E-state index contributed by atoms with van der Waals surface area (Å²) in [5.74, 6) is -0.170. The normalized spacial score (nSPS) is 12.1. The fourth-order valence-corrected chi connectivity index (χ4v) is 5.00. The van der Waals surface area contributed by atoms with Crippen LogP contribution in [0.15, 0.2) is 42.5 Å². The number of anilines is 1. The number of carbonyl (C=O) groups is 2. The van der Waals surface area contributed by atoms with Crippen molar-refractivity contribution in [1.29, 1.82) is 0 Å². The Balaban J connectivity index is 2.43. The summed E-state index contributed by atoms with van der Waals surface area (Å²) < 4.78 is 31.5. The van der Waals surface area contributed by atoms with Crippen molar-refractivity contribution in [3.63, 3.8) is 0 Å². The fraction of sp³-hybridized carbons (Fsp3) is 0.440. The SMILES string of the molecule is CCCCNC(=O)C(CC)N(Cc1ccc(OC)cc1)C(=O)CN(c1cc(Cl)cc(Cl)c1)S(C)(=O)=O. The predicted molar refractivity (Wildman–Crippen MR) is 144 cm³/mol. The molecular weight excluding hydrogens is 525 g/mol. The molecule has 0 aliphatic carbocycles. The van der Waals surface area contributed by atoms with Crippen molar-refractivity contribution in [1.82, 2.24) is 10.2 Å². The van der Waals surface area contributed by atoms with E-state index in [-0.39, 0.29) is 28.2 Å². The van der Waals surface area contributed by atoms with E-state index in [1.165, 1.54) is 23.1 Å². The number of hydrogen-bond acceptors (Lipinski definition) is 5. The lowest BCUT2D eigenvalue weighted by Gasteiger charge is -2.33. The standard InChI is InChI=1S/C25H33Cl2N3O5S/c1-5-7-12-28-25(32)23(6-2)29(16-18-8-10-22(35-3)11-9-18)24(31)17-30(36(4,33)34)21-14-19(26)13-20(27)15-21/h8-11,13-15,23H,5-7,12,16-17H2,1-4H3,(H,28,32). The summed E-state index contributed by atoms with van der Waals surface area (Å²) in [4.78, 5) is 28.1. The molecule has 2 aromatic rings. The van der Waals surface area contributed by atoms with Gasteiger partial charge in [0.05, 0.1) is 19.1 Å². The molecule has 1 atom stereocenters. The first-order valence-corrected chi connectivity index (χ1v) is 14.2. The summed E-state index contributed by atoms with van der Waals surface area (Å²) in [5, 5.41) is 3.35. The molecule has 0 heterocycles. The van der Waals surface area contributed by atoms with E-state index < -0.39 is 28.5 Å². The molecule has 0 saturated carbocycles. The second-order valence-electron chi connectivity index (χ2n) is 8.34. The fourth-order valence-electron chi connectivity index (χ4n) is 3.65. The number of sulfonamides is 1. The number of carbonyl (C=O) groups excluding carboxylic acids is 2. The lowest BCUT2D eigenvalue weighted by atomic mass is 10.1. The van der Waals surface area contributed by atoms with Gasteiger partial charge in [-0.15, -0.1) is 0 Å². The van der Waals surface area contributed by atoms with Crippen LogP contribution in [0.4, 0.5) is 5.69 Å². The molecule has 198 valence electrons. The topological polar surface area (TPSA) is 96.0 Å². The molecule has 0 spiro atoms. The van der Waals surface area contributed by atoms with Crippen molar-refractivity contribution >= 4 is 50.7 Å². The molecule has 0 saturated heterocycles. The van der Waals surface area contributed by atoms with Crippen LogP contribution in [0.2, 0.25) is 10.0 Å². The van der Waals surface area contributed by atoms with Crippen molar-refractivity contribution in [2.24, 2.45) is 0 Å². The molecule has 1 unspecified atom stereocenters. The summed E-state index contributed by atoms with van der Waals surface area (Å²) in [6.45, 7) is 3.90. The van der Waals surface area contributed by atoms with Gasteiger partial charge in [-0.1, -0.05) is 55.6 Å². The van der Waals surface area contributed by atoms with Gasteiger partial charge in [-0.2, -0.15) is 0 Å². The molecule has 2 aromatic carbocycles. The van der Waals surface area contributed by atoms with Crippen LogP contribution in [0.3, 0.4) is 0 Å². The van der Waals surface area contributed by atoms with E-state index in [0.29, 0.717) is 18.7 Å². The highest BCUT2D eigenvalue weighted by Crippen LogP contribution is 2.27. The zero-order valence-electron chi connectivity index (χ0n) is 21.0. The van der Waals surface area contributed by atoms with Gasteiger partial charge in [0.1, 0.15) is 18.3 Å². The third-order valence-corrected chi connectivity index (χ3v) is 7.12. The molecule has 1 N–H and O–H groups in total. The van der Waals surface area contributed by atoms with Gasteiger partial charge >= 0.3 is 0 Å². The van der Waals surface area contributed by atoms with Crippen LogP contribution in [0, 0.1) is 0 Å². The first-order valence-electron chi connectivity index (χ1n) is 11.6. The number of methoxy groups -OCH3 is 1. The van der Waals surface area contributed by atoms with Crippen molar-refractivity contribution in [3.8, 4) is 5.75 Å². The van der Waals surface area contributed by atoms with Gasteiger partial charge in [0, 0.05) is 23.1 Å². The number of unbranched alkanes of at least 4 members (excludes halogenated alkanes) is 1. The maximum Gasteiger partial charge on any atom is 0.244 e. The monoisotopic (exact) mass is 557 g/mol. The maximum atomic E-state index is 13.7. The Kier molecular flexibility index (Phi) is 11.3. The van der Waals surface area contributed by atoms with E-state index in [9.17, 15) is 18.0 Å². The van der Waals surface area contributed by atoms with Crippen molar-refractivity contribution < 1.29 is 22.7 Å². The van der Waals surface area contributed by atoms with Gasteiger partial charge in [0.2, 0.25) is 21.8 Å². The Morgan fingerprint density at radius 1 is 1.06 bits per heavy atom. The lowest BCUT2D eigenvalue weighted by molar-refractivity contribution is -0.140. The van der Waals surface area contributed by atoms with E-state index in [1.807, 2.05) is 13.8 Å². The number of hydrogen-bond donors (Lipinski definition) is 1. The summed E-state index contributed by atoms with van der Waals surface area (Å²) in [5.41, 5.74) is 0.925. The Hall–Kier alpha value is -2.49. The minimum atomic E-state index is -3.88. The Bertz CT molecular complexity index is 1120. The van der Waals surface area contributed by atoms with E-state index >= 15 is 0 Å². The maximum absolute atomic E-state index is 13.7. The number of nitrogens with one attached hydrogen (secondary N) is 1. The van der Waals surface area contributed by atoms with E-state index in [2.05, 4.69) is 5.32 Å². The highest BCUT2D eigenvalue weighted by atomic mass is 35.5. The van der Waals surface area contributed by atoms with Crippen LogP contribution in [0.5, 0.6) is 5.75 Å². The van der Waals surface area contributed by atoms with E-state index in [4.69, 9.17) is 27.9 Å². The second kappa shape index (κ2) is 13.7. The summed E-state index contributed by atoms with van der Waals surface area (Å²) in [6.07, 6.45) is 3.07. The molecule has 2 amide bonds. The number of halogens is 2. The van der Waals surface area contributed by atoms with Crippen LogP contribution in [-0.2, 0) is 26.2 Å². The Labute approximate surface area is 223 Å². The van der Waals surface area contributed by atoms with Gasteiger partial charge in [-0.25, -0.2) is 8.42 Å². The van der Waals surface area contributed by atoms with Gasteiger partial charge in [-0.05, 0) is 48.7 Å². The summed E-state index contributed by atoms with van der Waals surface area (Å²) >= 11 is 12.2. The van der Waals surface area contributed by atoms with Gasteiger partial charge in [0.25, 0.3) is 0 Å². The highest BCUT2D eigenvalue weighted by molar-refractivity contribution is 7.92. The molecule has 36 heavy (non-hydrogen) atoms. The molecule has 0 aromatic heterocycles. The van der Waals surface area contributed by atoms with E-state index in [1.54, 1.807) is 31.4 Å². The van der Waals surface area contributed by atoms with Crippen molar-refractivity contribution in [3.05, 3.63) is 58.1 Å². The average Bonchev–Trinajstić information content (AvgIpc) is 2.81. The lowest BCUT2D eigenvalue weighted by Crippen LogP contribution is -2.52. The van der Waals surface area contributed by atoms with Crippen molar-refractivity contribution in [2.75, 3.05) is 30.8 Å². The van der Waals surface area contributed by atoms with E-state index in [0.717, 1.165) is 29.0 Å². The predicted octanol–water partition coefficient (Wildman–Crippen LogP) is 4.49. The molecular formula is C25H33Cl2N3O5S.